The summed E-state index contributed by atoms with van der Waals surface area (Å²) in [6.45, 7) is 0. The van der Waals surface area contributed by atoms with Gasteiger partial charge in [-0.3, -0.25) is 0 Å². The zero-order chi connectivity index (χ0) is 7.84. The van der Waals surface area contributed by atoms with E-state index in [1.54, 1.807) is 6.07 Å². The Morgan fingerprint density at radius 2 is 2.45 bits per heavy atom. The van der Waals surface area contributed by atoms with Gasteiger partial charge in [-0.25, -0.2) is 4.79 Å². The van der Waals surface area contributed by atoms with Crippen LogP contribution in [0.2, 0.25) is 0 Å². The van der Waals surface area contributed by atoms with Crippen LogP contribution in [0.3, 0.4) is 0 Å². The molecule has 0 fully saturated rings. The molecule has 0 saturated carbocycles. The van der Waals surface area contributed by atoms with Crippen molar-refractivity contribution in [2.75, 3.05) is 5.73 Å². The zero-order valence-electron chi connectivity index (χ0n) is 5.61. The molecule has 5 heteroatoms. The quantitative estimate of drug-likeness (QED) is 0.536. The number of nitrogen functional groups attached to an aromatic ring is 1. The van der Waals surface area contributed by atoms with Crippen molar-refractivity contribution in [3.05, 3.63) is 28.9 Å². The highest BCUT2D eigenvalue weighted by atomic mass is 16.1. The van der Waals surface area contributed by atoms with E-state index in [1.165, 1.54) is 16.9 Å². The number of nitrogens with one attached hydrogen (secondary N) is 1. The van der Waals surface area contributed by atoms with Crippen LogP contribution >= 0.6 is 0 Å². The summed E-state index contributed by atoms with van der Waals surface area (Å²) in [7, 11) is 0. The summed E-state index contributed by atoms with van der Waals surface area (Å²) in [6, 6.07) is 1.70. The van der Waals surface area contributed by atoms with Gasteiger partial charge in [0.25, 0.3) is 0 Å². The van der Waals surface area contributed by atoms with Crippen molar-refractivity contribution in [2.24, 2.45) is 0 Å². The third kappa shape index (κ3) is 0.706. The van der Waals surface area contributed by atoms with Crippen LogP contribution in [0, 0.1) is 0 Å². The van der Waals surface area contributed by atoms with E-state index in [4.69, 9.17) is 5.73 Å². The first-order valence-electron chi connectivity index (χ1n) is 3.10. The van der Waals surface area contributed by atoms with Crippen LogP contribution in [-0.2, 0) is 0 Å². The lowest BCUT2D eigenvalue weighted by Crippen LogP contribution is -2.15. The molecule has 11 heavy (non-hydrogen) atoms. The van der Waals surface area contributed by atoms with Gasteiger partial charge in [0, 0.05) is 6.20 Å². The first-order chi connectivity index (χ1) is 5.29. The van der Waals surface area contributed by atoms with E-state index in [0.29, 0.717) is 11.2 Å². The summed E-state index contributed by atoms with van der Waals surface area (Å²) in [5, 5.41) is 3.77. The largest absolute Gasteiger partial charge is 0.396 e. The van der Waals surface area contributed by atoms with Gasteiger partial charge in [0.05, 0.1) is 17.4 Å². The maximum Gasteiger partial charge on any atom is 0.346 e. The van der Waals surface area contributed by atoms with Crippen LogP contribution in [0.4, 0.5) is 5.69 Å². The fourth-order valence-electron chi connectivity index (χ4n) is 0.952. The average Bonchev–Trinajstić information content (AvgIpc) is 2.35. The van der Waals surface area contributed by atoms with E-state index in [1.807, 2.05) is 0 Å². The molecule has 0 aliphatic heterocycles. The van der Waals surface area contributed by atoms with Gasteiger partial charge >= 0.3 is 5.69 Å². The number of fused-ring (bicyclic) bond motifs is 1. The molecule has 56 valence electrons. The summed E-state index contributed by atoms with van der Waals surface area (Å²) >= 11 is 0. The molecular formula is C6H6N4O. The predicted octanol–water partition coefficient (Wildman–Crippen LogP) is -0.395. The molecule has 2 rings (SSSR count). The molecule has 2 heterocycles. The van der Waals surface area contributed by atoms with Gasteiger partial charge in [-0.2, -0.15) is 9.61 Å². The van der Waals surface area contributed by atoms with Crippen molar-refractivity contribution in [3.8, 4) is 0 Å². The van der Waals surface area contributed by atoms with Crippen molar-refractivity contribution in [1.82, 2.24) is 14.6 Å². The van der Waals surface area contributed by atoms with Crippen LogP contribution < -0.4 is 11.4 Å². The van der Waals surface area contributed by atoms with Crippen LogP contribution in [0.1, 0.15) is 0 Å². The van der Waals surface area contributed by atoms with Gasteiger partial charge < -0.3 is 10.7 Å². The fourth-order valence-corrected chi connectivity index (χ4v) is 0.952. The van der Waals surface area contributed by atoms with Crippen molar-refractivity contribution in [2.45, 2.75) is 0 Å². The highest BCUT2D eigenvalue weighted by Gasteiger charge is 1.99. The maximum absolute atomic E-state index is 11.0. The Labute approximate surface area is 61.5 Å². The minimum absolute atomic E-state index is 0.279. The van der Waals surface area contributed by atoms with Gasteiger partial charge in [0.2, 0.25) is 0 Å². The first-order valence-corrected chi connectivity index (χ1v) is 3.10. The number of nitrogens with two attached hydrogens (primary N) is 1. The number of nitrogens with zero attached hydrogens (tertiary/aromatic N) is 2. The number of aromatic amines is 1. The summed E-state index contributed by atoms with van der Waals surface area (Å²) in [6.07, 6.45) is 2.99. The second-order valence-corrected chi connectivity index (χ2v) is 2.18. The first kappa shape index (κ1) is 5.96. The molecule has 0 spiro atoms. The fraction of sp³-hybridized carbons (Fsp3) is 0. The number of anilines is 1. The van der Waals surface area contributed by atoms with E-state index in [2.05, 4.69) is 10.1 Å². The monoisotopic (exact) mass is 150 g/mol. The van der Waals surface area contributed by atoms with E-state index in [-0.39, 0.29) is 5.69 Å². The standard InChI is InChI=1S/C6H6N4O/c7-4-3-9-10-5(4)1-2-8-6(10)11/h1-3H,7H2,(H,8,11). The molecule has 3 N–H and O–H groups in total. The summed E-state index contributed by atoms with van der Waals surface area (Å²) in [5.41, 5.74) is 6.37. The van der Waals surface area contributed by atoms with E-state index in [0.717, 1.165) is 0 Å². The number of hydrogen-bond donors (Lipinski definition) is 2. The van der Waals surface area contributed by atoms with Crippen molar-refractivity contribution in [3.63, 3.8) is 0 Å². The van der Waals surface area contributed by atoms with Crippen LogP contribution in [0.5, 0.6) is 0 Å². The third-order valence-corrected chi connectivity index (χ3v) is 1.48. The normalized spacial score (nSPS) is 10.5. The van der Waals surface area contributed by atoms with Crippen LogP contribution in [0.15, 0.2) is 23.3 Å². The Morgan fingerprint density at radius 3 is 3.18 bits per heavy atom. The molecule has 2 aromatic heterocycles. The van der Waals surface area contributed by atoms with E-state index >= 15 is 0 Å². The second kappa shape index (κ2) is 1.85. The predicted molar refractivity (Wildman–Crippen MR) is 40.2 cm³/mol. The summed E-state index contributed by atoms with van der Waals surface area (Å²) < 4.78 is 1.22. The summed E-state index contributed by atoms with van der Waals surface area (Å²) in [4.78, 5) is 13.5. The van der Waals surface area contributed by atoms with Gasteiger partial charge in [0.1, 0.15) is 0 Å². The molecule has 0 radical (unpaired) electrons. The SMILES string of the molecule is Nc1cnn2c(=O)[nH]ccc12. The lowest BCUT2D eigenvalue weighted by Gasteiger charge is -1.89. The minimum atomic E-state index is -0.279. The van der Waals surface area contributed by atoms with Gasteiger partial charge in [-0.1, -0.05) is 0 Å². The Kier molecular flexibility index (Phi) is 1.00. The summed E-state index contributed by atoms with van der Waals surface area (Å²) in [5.74, 6) is 0. The van der Waals surface area contributed by atoms with Crippen molar-refractivity contribution >= 4 is 11.2 Å². The van der Waals surface area contributed by atoms with E-state index in [9.17, 15) is 4.79 Å². The third-order valence-electron chi connectivity index (χ3n) is 1.48. The smallest absolute Gasteiger partial charge is 0.346 e. The van der Waals surface area contributed by atoms with Gasteiger partial charge in [-0.15, -0.1) is 0 Å². The Balaban J connectivity index is 3.06. The number of hydrogen-bond acceptors (Lipinski definition) is 3. The van der Waals surface area contributed by atoms with Crippen LogP contribution in [-0.4, -0.2) is 14.6 Å². The molecule has 0 aromatic carbocycles. The molecule has 0 aliphatic carbocycles. The van der Waals surface area contributed by atoms with Gasteiger partial charge in [-0.05, 0) is 6.07 Å². The number of aromatic nitrogens is 3. The minimum Gasteiger partial charge on any atom is -0.396 e. The molecule has 0 aliphatic rings. The van der Waals surface area contributed by atoms with Crippen molar-refractivity contribution in [1.29, 1.82) is 0 Å². The number of H-pyrrole nitrogens is 1. The number of rotatable bonds is 0. The highest BCUT2D eigenvalue weighted by Crippen LogP contribution is 2.07. The molecule has 0 saturated heterocycles. The molecular weight excluding hydrogens is 144 g/mol. The Hall–Kier alpha value is -1.78. The second-order valence-electron chi connectivity index (χ2n) is 2.18. The molecule has 0 bridgehead atoms. The topological polar surface area (TPSA) is 76.2 Å². The zero-order valence-corrected chi connectivity index (χ0v) is 5.61. The lowest BCUT2D eigenvalue weighted by molar-refractivity contribution is 0.868. The molecule has 0 atom stereocenters. The molecule has 0 unspecified atom stereocenters. The Morgan fingerprint density at radius 1 is 1.64 bits per heavy atom. The Bertz CT molecular complexity index is 441. The molecule has 5 nitrogen and oxygen atoms in total. The van der Waals surface area contributed by atoms with Crippen molar-refractivity contribution < 1.29 is 0 Å². The highest BCUT2D eigenvalue weighted by molar-refractivity contribution is 5.67. The van der Waals surface area contributed by atoms with Crippen LogP contribution in [0.25, 0.3) is 5.52 Å². The molecule has 0 amide bonds. The van der Waals surface area contributed by atoms with Gasteiger partial charge in [0.15, 0.2) is 0 Å². The average molecular weight is 150 g/mol. The van der Waals surface area contributed by atoms with E-state index < -0.39 is 0 Å². The lowest BCUT2D eigenvalue weighted by atomic mass is 10.4. The maximum atomic E-state index is 11.0. The molecule has 2 aromatic rings.